The Kier molecular flexibility index (Phi) is 4.93. The average Bonchev–Trinajstić information content (AvgIpc) is 2.33. The van der Waals surface area contributed by atoms with Crippen LogP contribution in [0.25, 0.3) is 0 Å². The summed E-state index contributed by atoms with van der Waals surface area (Å²) in [5, 5.41) is 27.8. The third-order valence-electron chi connectivity index (χ3n) is 2.84. The first-order valence-corrected chi connectivity index (χ1v) is 5.91. The molecular formula is C13H17NO6. The standard InChI is InChI=1S/C13H17NO6/c1-8(15)20-5-4-13(14,12(18)19)7-9-2-3-10(16)11(17)6-9/h2-3,6,16-17H,4-5,7,14H2,1H3,(H,18,19)/t13-/m1/s1. The van der Waals surface area contributed by atoms with E-state index < -0.39 is 17.5 Å². The van der Waals surface area contributed by atoms with Gasteiger partial charge < -0.3 is 25.8 Å². The number of rotatable bonds is 6. The molecule has 0 aliphatic carbocycles. The van der Waals surface area contributed by atoms with E-state index in [4.69, 9.17) is 10.5 Å². The monoisotopic (exact) mass is 283 g/mol. The van der Waals surface area contributed by atoms with Crippen LogP contribution in [0.15, 0.2) is 18.2 Å². The summed E-state index contributed by atoms with van der Waals surface area (Å²) in [5.41, 5.74) is 4.64. The normalized spacial score (nSPS) is 13.5. The number of carboxylic acids is 1. The zero-order chi connectivity index (χ0) is 15.3. The summed E-state index contributed by atoms with van der Waals surface area (Å²) in [6.45, 7) is 1.11. The molecule has 1 atom stereocenters. The smallest absolute Gasteiger partial charge is 0.324 e. The summed E-state index contributed by atoms with van der Waals surface area (Å²) >= 11 is 0. The number of phenolic OH excluding ortho intramolecular Hbond substituents is 2. The Morgan fingerprint density at radius 3 is 2.45 bits per heavy atom. The van der Waals surface area contributed by atoms with Gasteiger partial charge in [0.2, 0.25) is 0 Å². The second-order valence-electron chi connectivity index (χ2n) is 4.55. The van der Waals surface area contributed by atoms with E-state index in [1.807, 2.05) is 0 Å². The van der Waals surface area contributed by atoms with Gasteiger partial charge >= 0.3 is 11.9 Å². The molecule has 0 aliphatic rings. The van der Waals surface area contributed by atoms with Crippen molar-refractivity contribution in [3.8, 4) is 11.5 Å². The largest absolute Gasteiger partial charge is 0.504 e. The van der Waals surface area contributed by atoms with Crippen molar-refractivity contribution in [1.29, 1.82) is 0 Å². The summed E-state index contributed by atoms with van der Waals surface area (Å²) in [6.07, 6.45) is -0.138. The minimum absolute atomic E-state index is 0.0659. The highest BCUT2D eigenvalue weighted by atomic mass is 16.5. The van der Waals surface area contributed by atoms with E-state index in [2.05, 4.69) is 0 Å². The summed E-state index contributed by atoms with van der Waals surface area (Å²) < 4.78 is 4.70. The first kappa shape index (κ1) is 15.8. The predicted molar refractivity (Wildman–Crippen MR) is 69.3 cm³/mol. The second-order valence-corrected chi connectivity index (χ2v) is 4.55. The molecule has 110 valence electrons. The van der Waals surface area contributed by atoms with Gasteiger partial charge in [0.25, 0.3) is 0 Å². The summed E-state index contributed by atoms with van der Waals surface area (Å²) in [5.74, 6) is -2.40. The van der Waals surface area contributed by atoms with E-state index in [0.29, 0.717) is 5.56 Å². The fraction of sp³-hybridized carbons (Fsp3) is 0.385. The third kappa shape index (κ3) is 4.13. The van der Waals surface area contributed by atoms with Crippen LogP contribution in [0.4, 0.5) is 0 Å². The summed E-state index contributed by atoms with van der Waals surface area (Å²) in [7, 11) is 0. The van der Waals surface area contributed by atoms with Crippen molar-refractivity contribution < 1.29 is 29.6 Å². The number of aromatic hydroxyl groups is 2. The Labute approximate surface area is 115 Å². The molecule has 5 N–H and O–H groups in total. The predicted octanol–water partition coefficient (Wildman–Crippen LogP) is 0.376. The topological polar surface area (TPSA) is 130 Å². The minimum Gasteiger partial charge on any atom is -0.504 e. The van der Waals surface area contributed by atoms with Gasteiger partial charge in [0.1, 0.15) is 5.54 Å². The zero-order valence-corrected chi connectivity index (χ0v) is 11.0. The van der Waals surface area contributed by atoms with Crippen LogP contribution in [0.3, 0.4) is 0 Å². The number of nitrogens with two attached hydrogens (primary N) is 1. The maximum Gasteiger partial charge on any atom is 0.324 e. The molecule has 1 aromatic carbocycles. The van der Waals surface area contributed by atoms with Crippen LogP contribution in [0.2, 0.25) is 0 Å². The molecule has 0 aromatic heterocycles. The van der Waals surface area contributed by atoms with Crippen LogP contribution in [-0.2, 0) is 20.7 Å². The third-order valence-corrected chi connectivity index (χ3v) is 2.84. The van der Waals surface area contributed by atoms with Crippen LogP contribution in [0.1, 0.15) is 18.9 Å². The van der Waals surface area contributed by atoms with Gasteiger partial charge in [-0.15, -0.1) is 0 Å². The average molecular weight is 283 g/mol. The molecule has 0 bridgehead atoms. The van der Waals surface area contributed by atoms with Gasteiger partial charge in [0, 0.05) is 19.8 Å². The van der Waals surface area contributed by atoms with E-state index in [0.717, 1.165) is 0 Å². The van der Waals surface area contributed by atoms with Crippen molar-refractivity contribution in [2.24, 2.45) is 5.73 Å². The van der Waals surface area contributed by atoms with E-state index in [1.165, 1.54) is 25.1 Å². The lowest BCUT2D eigenvalue weighted by Crippen LogP contribution is -2.50. The number of aliphatic carboxylic acids is 1. The molecule has 7 heteroatoms. The second kappa shape index (κ2) is 6.25. The van der Waals surface area contributed by atoms with Crippen LogP contribution < -0.4 is 5.73 Å². The molecule has 1 rings (SSSR count). The lowest BCUT2D eigenvalue weighted by Gasteiger charge is -2.24. The number of ether oxygens (including phenoxy) is 1. The van der Waals surface area contributed by atoms with Crippen molar-refractivity contribution in [2.75, 3.05) is 6.61 Å². The van der Waals surface area contributed by atoms with Gasteiger partial charge in [-0.05, 0) is 17.7 Å². The SMILES string of the molecule is CC(=O)OCC[C@@](N)(Cc1ccc(O)c(O)c1)C(=O)O. The lowest BCUT2D eigenvalue weighted by molar-refractivity contribution is -0.147. The number of esters is 1. The minimum atomic E-state index is -1.63. The molecule has 0 aliphatic heterocycles. The van der Waals surface area contributed by atoms with E-state index in [9.17, 15) is 24.9 Å². The number of hydrogen-bond acceptors (Lipinski definition) is 6. The number of phenols is 2. The Morgan fingerprint density at radius 1 is 1.30 bits per heavy atom. The van der Waals surface area contributed by atoms with E-state index in [-0.39, 0.29) is 30.9 Å². The molecule has 0 spiro atoms. The molecular weight excluding hydrogens is 266 g/mol. The van der Waals surface area contributed by atoms with Crippen LogP contribution in [0.5, 0.6) is 11.5 Å². The Bertz CT molecular complexity index is 516. The van der Waals surface area contributed by atoms with Gasteiger partial charge in [-0.2, -0.15) is 0 Å². The number of hydrogen-bond donors (Lipinski definition) is 4. The fourth-order valence-corrected chi connectivity index (χ4v) is 1.69. The van der Waals surface area contributed by atoms with Crippen LogP contribution in [-0.4, -0.2) is 39.4 Å². The Hall–Kier alpha value is -2.28. The van der Waals surface area contributed by atoms with Crippen molar-refractivity contribution in [3.63, 3.8) is 0 Å². The number of carbonyl (C=O) groups is 2. The molecule has 1 aromatic rings. The Balaban J connectivity index is 2.82. The van der Waals surface area contributed by atoms with Crippen molar-refractivity contribution in [2.45, 2.75) is 25.3 Å². The van der Waals surface area contributed by atoms with Gasteiger partial charge in [0.15, 0.2) is 11.5 Å². The quantitative estimate of drug-likeness (QED) is 0.438. The fourth-order valence-electron chi connectivity index (χ4n) is 1.69. The van der Waals surface area contributed by atoms with E-state index in [1.54, 1.807) is 0 Å². The number of carbonyl (C=O) groups excluding carboxylic acids is 1. The first-order valence-electron chi connectivity index (χ1n) is 5.91. The maximum absolute atomic E-state index is 11.3. The molecule has 7 nitrogen and oxygen atoms in total. The highest BCUT2D eigenvalue weighted by molar-refractivity contribution is 5.79. The van der Waals surface area contributed by atoms with Gasteiger partial charge in [-0.25, -0.2) is 0 Å². The van der Waals surface area contributed by atoms with E-state index >= 15 is 0 Å². The molecule has 0 amide bonds. The molecule has 0 saturated heterocycles. The van der Waals surface area contributed by atoms with Crippen molar-refractivity contribution in [1.82, 2.24) is 0 Å². The summed E-state index contributed by atoms with van der Waals surface area (Å²) in [6, 6.07) is 3.95. The number of carboxylic acid groups (broad SMARTS) is 1. The van der Waals surface area contributed by atoms with Gasteiger partial charge in [-0.1, -0.05) is 6.07 Å². The first-order chi connectivity index (χ1) is 9.24. The summed E-state index contributed by atoms with van der Waals surface area (Å²) in [4.78, 5) is 21.9. The molecule has 0 saturated carbocycles. The highest BCUT2D eigenvalue weighted by Crippen LogP contribution is 2.27. The molecule has 0 fully saturated rings. The maximum atomic E-state index is 11.3. The highest BCUT2D eigenvalue weighted by Gasteiger charge is 2.34. The van der Waals surface area contributed by atoms with Crippen LogP contribution in [0, 0.1) is 0 Å². The van der Waals surface area contributed by atoms with Gasteiger partial charge in [0.05, 0.1) is 6.61 Å². The molecule has 0 heterocycles. The van der Waals surface area contributed by atoms with Crippen LogP contribution >= 0.6 is 0 Å². The molecule has 20 heavy (non-hydrogen) atoms. The van der Waals surface area contributed by atoms with Crippen molar-refractivity contribution >= 4 is 11.9 Å². The molecule has 0 radical (unpaired) electrons. The van der Waals surface area contributed by atoms with Crippen molar-refractivity contribution in [3.05, 3.63) is 23.8 Å². The number of benzene rings is 1. The van der Waals surface area contributed by atoms with Gasteiger partial charge in [-0.3, -0.25) is 9.59 Å². The molecule has 0 unspecified atom stereocenters. The zero-order valence-electron chi connectivity index (χ0n) is 11.0. The Morgan fingerprint density at radius 2 is 1.95 bits per heavy atom. The lowest BCUT2D eigenvalue weighted by atomic mass is 9.89.